The first-order valence-electron chi connectivity index (χ1n) is 11.8. The summed E-state index contributed by atoms with van der Waals surface area (Å²) < 4.78 is 53.8. The summed E-state index contributed by atoms with van der Waals surface area (Å²) in [5.74, 6) is -0.0753. The summed E-state index contributed by atoms with van der Waals surface area (Å²) >= 11 is 0. The first kappa shape index (κ1) is 30.5. The number of carbonyl (C=O) groups is 3. The van der Waals surface area contributed by atoms with Crippen molar-refractivity contribution in [2.24, 2.45) is 5.92 Å². The maximum Gasteiger partial charge on any atom is 0.510 e. The Morgan fingerprint density at radius 1 is 1.03 bits per heavy atom. The number of Topliss-reactive ketones (excluding diaryl/α,β-unsaturated/α-hetero) is 1. The average molecular weight is 540 g/mol. The van der Waals surface area contributed by atoms with E-state index < -0.39 is 57.6 Å². The van der Waals surface area contributed by atoms with E-state index in [1.54, 1.807) is 27.7 Å². The fraction of sp³-hybridized carbons (Fsp3) is 0.864. The highest BCUT2D eigenvalue weighted by Crippen LogP contribution is 2.49. The van der Waals surface area contributed by atoms with Crippen molar-refractivity contribution >= 4 is 25.7 Å². The molecule has 0 aromatic heterocycles. The van der Waals surface area contributed by atoms with Gasteiger partial charge in [-0.2, -0.15) is 0 Å². The molecule has 0 aromatic rings. The molecule has 3 aliphatic rings. The Balaban J connectivity index is 2.03. The van der Waals surface area contributed by atoms with Crippen LogP contribution in [-0.4, -0.2) is 93.6 Å². The lowest BCUT2D eigenvalue weighted by Gasteiger charge is -2.55. The zero-order valence-electron chi connectivity index (χ0n) is 21.8. The molecule has 0 spiro atoms. The fourth-order valence-corrected chi connectivity index (χ4v) is 5.32. The quantitative estimate of drug-likeness (QED) is 0.181. The van der Waals surface area contributed by atoms with Gasteiger partial charge in [-0.25, -0.2) is 9.59 Å². The van der Waals surface area contributed by atoms with Crippen LogP contribution in [0.5, 0.6) is 0 Å². The van der Waals surface area contributed by atoms with Crippen molar-refractivity contribution in [3.8, 4) is 0 Å². The fourth-order valence-electron chi connectivity index (χ4n) is 4.36. The Bertz CT molecular complexity index is 774. The molecular weight excluding hydrogens is 501 g/mol. The van der Waals surface area contributed by atoms with Crippen LogP contribution in [0.3, 0.4) is 0 Å². The lowest BCUT2D eigenvalue weighted by Crippen LogP contribution is -2.71. The summed E-state index contributed by atoms with van der Waals surface area (Å²) in [4.78, 5) is 38.4. The van der Waals surface area contributed by atoms with Crippen molar-refractivity contribution in [2.45, 2.75) is 71.2 Å². The Morgan fingerprint density at radius 2 is 1.58 bits per heavy atom. The number of fused-ring (bicyclic) bond motifs is 3. The summed E-state index contributed by atoms with van der Waals surface area (Å²) in [6.07, 6.45) is -1.99. The van der Waals surface area contributed by atoms with Crippen LogP contribution in [0.1, 0.15) is 47.5 Å². The molecule has 0 aromatic carbocycles. The van der Waals surface area contributed by atoms with Gasteiger partial charge in [0.2, 0.25) is 13.6 Å². The largest absolute Gasteiger partial charge is 0.510 e. The molecular formula is C22H38NO12P. The van der Waals surface area contributed by atoms with Gasteiger partial charge in [0.05, 0.1) is 25.4 Å². The summed E-state index contributed by atoms with van der Waals surface area (Å²) in [5.41, 5.74) is -1.03. The molecule has 14 heteroatoms. The van der Waals surface area contributed by atoms with Gasteiger partial charge >= 0.3 is 19.9 Å². The van der Waals surface area contributed by atoms with E-state index in [0.29, 0.717) is 6.54 Å². The van der Waals surface area contributed by atoms with Gasteiger partial charge < -0.3 is 28.4 Å². The van der Waals surface area contributed by atoms with Gasteiger partial charge in [-0.15, -0.1) is 0 Å². The second-order valence-corrected chi connectivity index (χ2v) is 11.3. The molecule has 3 fully saturated rings. The van der Waals surface area contributed by atoms with Crippen LogP contribution >= 0.6 is 7.60 Å². The zero-order valence-corrected chi connectivity index (χ0v) is 22.7. The highest BCUT2D eigenvalue weighted by Gasteiger charge is 2.56. The van der Waals surface area contributed by atoms with Crippen LogP contribution in [0.15, 0.2) is 0 Å². The standard InChI is InChI=1S/C22H38NO12P/c1-15(2)34-20(25)30-12-32-36(27,33-13-31-21(26)35-16(3)4)14-29-11-22(10-28-6)19(24)18-7-8-23(22)17(5)9-18/h15-18H,7-14H2,1-6H3/t17-,18+,22+/m0/s1. The molecule has 0 N–H and O–H groups in total. The number of carbonyl (C=O) groups excluding carboxylic acids is 3. The smallest absolute Gasteiger partial charge is 0.432 e. The van der Waals surface area contributed by atoms with E-state index in [-0.39, 0.29) is 31.0 Å². The molecule has 0 radical (unpaired) electrons. The Labute approximate surface area is 211 Å². The number of hydrogen-bond donors (Lipinski definition) is 0. The molecule has 4 atom stereocenters. The van der Waals surface area contributed by atoms with Gasteiger partial charge in [0.1, 0.15) is 11.9 Å². The molecule has 3 rings (SSSR count). The molecule has 1 unspecified atom stereocenters. The molecule has 3 saturated heterocycles. The van der Waals surface area contributed by atoms with Crippen molar-refractivity contribution in [3.63, 3.8) is 0 Å². The number of nitrogens with zero attached hydrogens (tertiary/aromatic N) is 1. The topological polar surface area (TPSA) is 145 Å². The van der Waals surface area contributed by atoms with Crippen LogP contribution in [0, 0.1) is 5.92 Å². The Morgan fingerprint density at radius 3 is 2.06 bits per heavy atom. The van der Waals surface area contributed by atoms with E-state index in [0.717, 1.165) is 12.8 Å². The number of ketones is 1. The molecule has 208 valence electrons. The number of methoxy groups -OCH3 is 1. The minimum atomic E-state index is -4.13. The van der Waals surface area contributed by atoms with Crippen LogP contribution in [0.2, 0.25) is 0 Å². The van der Waals surface area contributed by atoms with E-state index in [9.17, 15) is 18.9 Å². The average Bonchev–Trinajstić information content (AvgIpc) is 2.76. The van der Waals surface area contributed by atoms with Gasteiger partial charge in [-0.05, 0) is 47.5 Å². The number of rotatable bonds is 14. The second-order valence-electron chi connectivity index (χ2n) is 9.30. The zero-order chi connectivity index (χ0) is 26.9. The van der Waals surface area contributed by atoms with E-state index in [2.05, 4.69) is 4.90 Å². The van der Waals surface area contributed by atoms with Crippen molar-refractivity contribution in [1.82, 2.24) is 4.90 Å². The van der Waals surface area contributed by atoms with Crippen molar-refractivity contribution in [1.29, 1.82) is 0 Å². The number of ether oxygens (including phenoxy) is 6. The maximum atomic E-state index is 13.3. The molecule has 2 bridgehead atoms. The molecule has 0 aliphatic carbocycles. The number of piperidine rings is 3. The highest BCUT2D eigenvalue weighted by molar-refractivity contribution is 7.53. The SMILES string of the molecule is COC[C@@]1(COCP(=O)(OCOC(=O)OC(C)C)OCOC(=O)OC(C)C)C(=O)[C@@H]2CCN1[C@@H](C)C2. The lowest BCUT2D eigenvalue weighted by atomic mass is 9.71. The third-order valence-corrected chi connectivity index (χ3v) is 7.24. The predicted molar refractivity (Wildman–Crippen MR) is 124 cm³/mol. The van der Waals surface area contributed by atoms with Gasteiger partial charge in [0, 0.05) is 25.6 Å². The van der Waals surface area contributed by atoms with Crippen LogP contribution in [0.25, 0.3) is 0 Å². The minimum Gasteiger partial charge on any atom is -0.432 e. The van der Waals surface area contributed by atoms with E-state index in [4.69, 9.17) is 37.5 Å². The maximum absolute atomic E-state index is 13.3. The summed E-state index contributed by atoms with van der Waals surface area (Å²) in [7, 11) is -2.63. The van der Waals surface area contributed by atoms with Crippen LogP contribution in [-0.2, 0) is 46.8 Å². The third-order valence-electron chi connectivity index (χ3n) is 5.74. The van der Waals surface area contributed by atoms with Gasteiger partial charge in [0.25, 0.3) is 0 Å². The number of hydrogen-bond acceptors (Lipinski definition) is 13. The van der Waals surface area contributed by atoms with Crippen molar-refractivity contribution in [3.05, 3.63) is 0 Å². The van der Waals surface area contributed by atoms with Gasteiger partial charge in [-0.3, -0.25) is 23.3 Å². The minimum absolute atomic E-state index is 0.0184. The Hall–Kier alpha value is -1.76. The molecule has 13 nitrogen and oxygen atoms in total. The first-order valence-corrected chi connectivity index (χ1v) is 13.6. The predicted octanol–water partition coefficient (Wildman–Crippen LogP) is 3.29. The normalized spacial score (nSPS) is 25.8. The van der Waals surface area contributed by atoms with E-state index >= 15 is 0 Å². The molecule has 0 amide bonds. The summed E-state index contributed by atoms with van der Waals surface area (Å²) in [6, 6.07) is 0.153. The van der Waals surface area contributed by atoms with Gasteiger partial charge in [0.15, 0.2) is 5.78 Å². The van der Waals surface area contributed by atoms with Gasteiger partial charge in [-0.1, -0.05) is 0 Å². The third kappa shape index (κ3) is 8.39. The summed E-state index contributed by atoms with van der Waals surface area (Å²) in [5, 5.41) is 0. The molecule has 3 heterocycles. The van der Waals surface area contributed by atoms with E-state index in [1.807, 2.05) is 6.92 Å². The monoisotopic (exact) mass is 539 g/mol. The van der Waals surface area contributed by atoms with Crippen LogP contribution in [0.4, 0.5) is 9.59 Å². The molecule has 0 saturated carbocycles. The molecule has 36 heavy (non-hydrogen) atoms. The van der Waals surface area contributed by atoms with Crippen LogP contribution < -0.4 is 0 Å². The van der Waals surface area contributed by atoms with E-state index in [1.165, 1.54) is 7.11 Å². The highest BCUT2D eigenvalue weighted by atomic mass is 31.2. The molecule has 3 aliphatic heterocycles. The lowest BCUT2D eigenvalue weighted by molar-refractivity contribution is -0.167. The van der Waals surface area contributed by atoms with Crippen molar-refractivity contribution in [2.75, 3.05) is 46.8 Å². The first-order chi connectivity index (χ1) is 16.9. The Kier molecular flexibility index (Phi) is 11.6. The second kappa shape index (κ2) is 13.7. The van der Waals surface area contributed by atoms with Crippen molar-refractivity contribution < 1.29 is 56.4 Å². The summed E-state index contributed by atoms with van der Waals surface area (Å²) in [6.45, 7) is 7.72.